The van der Waals surface area contributed by atoms with E-state index in [4.69, 9.17) is 4.74 Å². The minimum atomic E-state index is -0.687. The summed E-state index contributed by atoms with van der Waals surface area (Å²) in [6.45, 7) is 3.39. The Morgan fingerprint density at radius 3 is 2.67 bits per heavy atom. The number of aliphatic hydroxyl groups is 1. The summed E-state index contributed by atoms with van der Waals surface area (Å²) >= 11 is 0. The van der Waals surface area contributed by atoms with Crippen LogP contribution in [0, 0.1) is 11.6 Å². The van der Waals surface area contributed by atoms with Crippen LogP contribution in [0.3, 0.4) is 0 Å². The summed E-state index contributed by atoms with van der Waals surface area (Å²) in [6, 6.07) is 2.98. The van der Waals surface area contributed by atoms with E-state index in [0.717, 1.165) is 18.2 Å². The molecule has 2 atom stereocenters. The first-order chi connectivity index (χ1) is 7.04. The average Bonchev–Trinajstić information content (AvgIpc) is 2.22. The third-order valence-electron chi connectivity index (χ3n) is 2.17. The Morgan fingerprint density at radius 1 is 1.40 bits per heavy atom. The zero-order valence-electron chi connectivity index (χ0n) is 8.71. The maximum Gasteiger partial charge on any atom is 0.165 e. The van der Waals surface area contributed by atoms with Gasteiger partial charge in [0.2, 0.25) is 0 Å². The Morgan fingerprint density at radius 2 is 2.07 bits per heavy atom. The van der Waals surface area contributed by atoms with Gasteiger partial charge >= 0.3 is 0 Å². The average molecular weight is 216 g/mol. The van der Waals surface area contributed by atoms with Crippen LogP contribution in [0.2, 0.25) is 0 Å². The molecule has 0 aliphatic carbocycles. The van der Waals surface area contributed by atoms with Crippen LogP contribution in [0.1, 0.15) is 20.3 Å². The maximum absolute atomic E-state index is 13.1. The van der Waals surface area contributed by atoms with Gasteiger partial charge in [-0.15, -0.1) is 0 Å². The van der Waals surface area contributed by atoms with Crippen LogP contribution in [0.4, 0.5) is 8.78 Å². The van der Waals surface area contributed by atoms with Gasteiger partial charge in [-0.1, -0.05) is 6.92 Å². The molecule has 0 saturated heterocycles. The molecule has 2 unspecified atom stereocenters. The molecule has 1 aromatic carbocycles. The Balaban J connectivity index is 2.75. The van der Waals surface area contributed by atoms with Crippen LogP contribution >= 0.6 is 0 Å². The summed E-state index contributed by atoms with van der Waals surface area (Å²) in [5.41, 5.74) is 0. The number of aliphatic hydroxyl groups excluding tert-OH is 1. The lowest BCUT2D eigenvalue weighted by atomic mass is 10.2. The fourth-order valence-electron chi connectivity index (χ4n) is 1.18. The lowest BCUT2D eigenvalue weighted by Gasteiger charge is -2.19. The van der Waals surface area contributed by atoms with Gasteiger partial charge in [0.1, 0.15) is 11.9 Å². The van der Waals surface area contributed by atoms with Gasteiger partial charge in [0.15, 0.2) is 11.6 Å². The molecular formula is C11H14F2O2. The monoisotopic (exact) mass is 216 g/mol. The second kappa shape index (κ2) is 5.07. The SMILES string of the molecule is CCC(O)C(C)Oc1cc(F)ccc1F. The number of ether oxygens (including phenoxy) is 1. The predicted molar refractivity (Wildman–Crippen MR) is 52.7 cm³/mol. The smallest absolute Gasteiger partial charge is 0.165 e. The van der Waals surface area contributed by atoms with Crippen LogP contribution in [0.5, 0.6) is 5.75 Å². The van der Waals surface area contributed by atoms with Crippen molar-refractivity contribution in [2.45, 2.75) is 32.5 Å². The summed E-state index contributed by atoms with van der Waals surface area (Å²) in [6.07, 6.45) is -0.753. The van der Waals surface area contributed by atoms with Gasteiger partial charge in [-0.2, -0.15) is 0 Å². The van der Waals surface area contributed by atoms with E-state index in [9.17, 15) is 13.9 Å². The van der Waals surface area contributed by atoms with Crippen molar-refractivity contribution in [3.8, 4) is 5.75 Å². The molecule has 0 aliphatic rings. The molecule has 0 spiro atoms. The standard InChI is InChI=1S/C11H14F2O2/c1-3-10(14)7(2)15-11-6-8(12)4-5-9(11)13/h4-7,10,14H,3H2,1-2H3. The number of hydrogen-bond donors (Lipinski definition) is 1. The lowest BCUT2D eigenvalue weighted by molar-refractivity contribution is 0.0427. The van der Waals surface area contributed by atoms with Crippen molar-refractivity contribution in [2.75, 3.05) is 0 Å². The predicted octanol–water partition coefficient (Wildman–Crippen LogP) is 2.50. The van der Waals surface area contributed by atoms with Crippen LogP contribution in [-0.4, -0.2) is 17.3 Å². The summed E-state index contributed by atoms with van der Waals surface area (Å²) in [5, 5.41) is 9.41. The number of hydrogen-bond acceptors (Lipinski definition) is 2. The fraction of sp³-hybridized carbons (Fsp3) is 0.455. The first-order valence-corrected chi connectivity index (χ1v) is 4.84. The van der Waals surface area contributed by atoms with Crippen LogP contribution in [0.15, 0.2) is 18.2 Å². The van der Waals surface area contributed by atoms with Crippen molar-refractivity contribution in [3.63, 3.8) is 0 Å². The van der Waals surface area contributed by atoms with Crippen molar-refractivity contribution >= 4 is 0 Å². The Bertz CT molecular complexity index is 328. The van der Waals surface area contributed by atoms with E-state index < -0.39 is 23.8 Å². The molecule has 1 N–H and O–H groups in total. The van der Waals surface area contributed by atoms with Crippen molar-refractivity contribution < 1.29 is 18.6 Å². The molecule has 0 aliphatic heterocycles. The fourth-order valence-corrected chi connectivity index (χ4v) is 1.18. The molecule has 2 nitrogen and oxygen atoms in total. The molecule has 1 rings (SSSR count). The Kier molecular flexibility index (Phi) is 4.03. The molecule has 0 saturated carbocycles. The van der Waals surface area contributed by atoms with Gasteiger partial charge < -0.3 is 9.84 Å². The topological polar surface area (TPSA) is 29.5 Å². The van der Waals surface area contributed by atoms with Crippen molar-refractivity contribution in [1.82, 2.24) is 0 Å². The van der Waals surface area contributed by atoms with Gasteiger partial charge in [-0.05, 0) is 25.5 Å². The van der Waals surface area contributed by atoms with Gasteiger partial charge in [0.05, 0.1) is 6.10 Å². The number of halogens is 2. The van der Waals surface area contributed by atoms with Crippen LogP contribution < -0.4 is 4.74 Å². The van der Waals surface area contributed by atoms with Crippen molar-refractivity contribution in [3.05, 3.63) is 29.8 Å². The van der Waals surface area contributed by atoms with Crippen molar-refractivity contribution in [2.24, 2.45) is 0 Å². The largest absolute Gasteiger partial charge is 0.485 e. The summed E-state index contributed by atoms with van der Waals surface area (Å²) in [4.78, 5) is 0. The van der Waals surface area contributed by atoms with E-state index in [1.165, 1.54) is 0 Å². The van der Waals surface area contributed by atoms with Crippen molar-refractivity contribution in [1.29, 1.82) is 0 Å². The number of rotatable bonds is 4. The summed E-state index contributed by atoms with van der Waals surface area (Å²) in [5.74, 6) is -1.37. The molecule has 0 aromatic heterocycles. The summed E-state index contributed by atoms with van der Waals surface area (Å²) < 4.78 is 31.0. The van der Waals surface area contributed by atoms with Gasteiger partial charge in [0, 0.05) is 6.07 Å². The van der Waals surface area contributed by atoms with E-state index in [2.05, 4.69) is 0 Å². The van der Waals surface area contributed by atoms with Gasteiger partial charge in [-0.25, -0.2) is 8.78 Å². The molecule has 0 radical (unpaired) electrons. The third-order valence-corrected chi connectivity index (χ3v) is 2.17. The Labute approximate surface area is 87.5 Å². The van der Waals surface area contributed by atoms with E-state index in [-0.39, 0.29) is 5.75 Å². The minimum absolute atomic E-state index is 0.171. The number of benzene rings is 1. The third kappa shape index (κ3) is 3.16. The van der Waals surface area contributed by atoms with E-state index in [1.54, 1.807) is 13.8 Å². The second-order valence-electron chi connectivity index (χ2n) is 3.37. The molecule has 84 valence electrons. The molecule has 15 heavy (non-hydrogen) atoms. The van der Waals surface area contributed by atoms with Crippen LogP contribution in [0.25, 0.3) is 0 Å². The molecule has 0 amide bonds. The second-order valence-corrected chi connectivity index (χ2v) is 3.37. The highest BCUT2D eigenvalue weighted by Crippen LogP contribution is 2.20. The quantitative estimate of drug-likeness (QED) is 0.837. The van der Waals surface area contributed by atoms with E-state index in [0.29, 0.717) is 6.42 Å². The minimum Gasteiger partial charge on any atom is -0.485 e. The highest BCUT2D eigenvalue weighted by Gasteiger charge is 2.15. The van der Waals surface area contributed by atoms with Crippen LogP contribution in [-0.2, 0) is 0 Å². The van der Waals surface area contributed by atoms with E-state index in [1.807, 2.05) is 0 Å². The highest BCUT2D eigenvalue weighted by molar-refractivity contribution is 5.25. The highest BCUT2D eigenvalue weighted by atomic mass is 19.1. The molecule has 0 heterocycles. The Hall–Kier alpha value is -1.16. The molecule has 0 bridgehead atoms. The zero-order valence-corrected chi connectivity index (χ0v) is 8.71. The first kappa shape index (κ1) is 11.9. The van der Waals surface area contributed by atoms with Gasteiger partial charge in [-0.3, -0.25) is 0 Å². The molecule has 4 heteroatoms. The maximum atomic E-state index is 13.1. The molecular weight excluding hydrogens is 202 g/mol. The summed E-state index contributed by atoms with van der Waals surface area (Å²) in [7, 11) is 0. The normalized spacial score (nSPS) is 14.7. The zero-order chi connectivity index (χ0) is 11.4. The molecule has 1 aromatic rings. The molecule has 0 fully saturated rings. The first-order valence-electron chi connectivity index (χ1n) is 4.84. The van der Waals surface area contributed by atoms with E-state index >= 15 is 0 Å². The lowest BCUT2D eigenvalue weighted by Crippen LogP contribution is -2.28. The van der Waals surface area contributed by atoms with Gasteiger partial charge in [0.25, 0.3) is 0 Å².